The summed E-state index contributed by atoms with van der Waals surface area (Å²) in [6.07, 6.45) is 3.13. The van der Waals surface area contributed by atoms with Gasteiger partial charge in [-0.15, -0.1) is 10.2 Å². The van der Waals surface area contributed by atoms with Gasteiger partial charge in [-0.25, -0.2) is 4.79 Å². The molecule has 9 nitrogen and oxygen atoms in total. The molecular formula is C20H19Cl2N7O2. The van der Waals surface area contributed by atoms with Crippen LogP contribution in [0.4, 0.5) is 16.2 Å². The number of amides is 3. The Labute approximate surface area is 188 Å². The van der Waals surface area contributed by atoms with Crippen molar-refractivity contribution in [2.75, 3.05) is 23.7 Å². The zero-order valence-corrected chi connectivity index (χ0v) is 17.9. The molecule has 160 valence electrons. The predicted octanol–water partition coefficient (Wildman–Crippen LogP) is 4.44. The van der Waals surface area contributed by atoms with Crippen LogP contribution in [0.2, 0.25) is 10.0 Å². The molecule has 0 bridgehead atoms. The third kappa shape index (κ3) is 5.12. The van der Waals surface area contributed by atoms with E-state index in [-0.39, 0.29) is 11.7 Å². The number of hydrogen-bond donors (Lipinski definition) is 3. The number of anilines is 2. The summed E-state index contributed by atoms with van der Waals surface area (Å²) in [5.41, 5.74) is 1.82. The number of H-pyrrole nitrogens is 1. The van der Waals surface area contributed by atoms with Crippen molar-refractivity contribution in [3.8, 4) is 11.4 Å². The first kappa shape index (κ1) is 21.1. The number of hydrogen-bond acceptors (Lipinski definition) is 5. The van der Waals surface area contributed by atoms with Gasteiger partial charge in [0, 0.05) is 39.9 Å². The lowest BCUT2D eigenvalue weighted by atomic mass is 10.0. The Morgan fingerprint density at radius 3 is 2.39 bits per heavy atom. The van der Waals surface area contributed by atoms with E-state index in [9.17, 15) is 9.59 Å². The van der Waals surface area contributed by atoms with Crippen LogP contribution in [0.15, 0.2) is 36.4 Å². The van der Waals surface area contributed by atoms with Crippen LogP contribution in [0.3, 0.4) is 0 Å². The molecule has 2 heterocycles. The SMILES string of the molecule is O=C(Nc1cc(Cl)cc(Cl)c1)Nc1ccc(C(=O)N2CCCCC2)cc1-c1nn[nH]n1. The second-order valence-electron chi connectivity index (χ2n) is 7.09. The first-order chi connectivity index (χ1) is 15.0. The van der Waals surface area contributed by atoms with Gasteiger partial charge in [0.05, 0.1) is 5.69 Å². The minimum absolute atomic E-state index is 0.0611. The summed E-state index contributed by atoms with van der Waals surface area (Å²) in [6, 6.07) is 9.19. The van der Waals surface area contributed by atoms with Crippen molar-refractivity contribution < 1.29 is 9.59 Å². The maximum absolute atomic E-state index is 12.9. The van der Waals surface area contributed by atoms with Crippen molar-refractivity contribution in [2.45, 2.75) is 19.3 Å². The fourth-order valence-corrected chi connectivity index (χ4v) is 3.96. The number of nitrogens with one attached hydrogen (secondary N) is 3. The highest BCUT2D eigenvalue weighted by molar-refractivity contribution is 6.35. The van der Waals surface area contributed by atoms with Crippen molar-refractivity contribution in [2.24, 2.45) is 0 Å². The lowest BCUT2D eigenvalue weighted by molar-refractivity contribution is 0.0724. The summed E-state index contributed by atoms with van der Waals surface area (Å²) in [6.45, 7) is 1.47. The molecule has 3 N–H and O–H groups in total. The van der Waals surface area contributed by atoms with E-state index in [2.05, 4.69) is 31.3 Å². The average Bonchev–Trinajstić information content (AvgIpc) is 3.28. The number of urea groups is 1. The van der Waals surface area contributed by atoms with Crippen molar-refractivity contribution in [1.29, 1.82) is 0 Å². The van der Waals surface area contributed by atoms with E-state index in [1.54, 1.807) is 36.4 Å². The number of nitrogens with zero attached hydrogens (tertiary/aromatic N) is 4. The van der Waals surface area contributed by atoms with Crippen LogP contribution in [-0.4, -0.2) is 50.6 Å². The van der Waals surface area contributed by atoms with Crippen LogP contribution < -0.4 is 10.6 Å². The standard InChI is InChI=1S/C20H19Cl2N7O2/c21-13-9-14(22)11-15(10-13)23-20(31)24-17-5-4-12(8-16(17)18-25-27-28-26-18)19(30)29-6-2-1-3-7-29/h4-5,8-11H,1-3,6-7H2,(H2,23,24,31)(H,25,26,27,28). The summed E-state index contributed by atoms with van der Waals surface area (Å²) in [4.78, 5) is 27.3. The van der Waals surface area contributed by atoms with Crippen molar-refractivity contribution in [3.63, 3.8) is 0 Å². The molecule has 0 unspecified atom stereocenters. The van der Waals surface area contributed by atoms with Gasteiger partial charge < -0.3 is 15.5 Å². The minimum atomic E-state index is -0.516. The van der Waals surface area contributed by atoms with Gasteiger partial charge in [0.15, 0.2) is 0 Å². The van der Waals surface area contributed by atoms with Crippen LogP contribution >= 0.6 is 23.2 Å². The summed E-state index contributed by atoms with van der Waals surface area (Å²) in [5, 5.41) is 20.2. The summed E-state index contributed by atoms with van der Waals surface area (Å²) >= 11 is 12.0. The molecule has 0 spiro atoms. The van der Waals surface area contributed by atoms with E-state index < -0.39 is 6.03 Å². The van der Waals surface area contributed by atoms with Crippen LogP contribution in [-0.2, 0) is 0 Å². The van der Waals surface area contributed by atoms with Gasteiger partial charge in [-0.3, -0.25) is 4.79 Å². The maximum atomic E-state index is 12.9. The molecule has 0 radical (unpaired) electrons. The van der Waals surface area contributed by atoms with Crippen LogP contribution in [0.25, 0.3) is 11.4 Å². The van der Waals surface area contributed by atoms with Crippen LogP contribution in [0.5, 0.6) is 0 Å². The number of carbonyl (C=O) groups excluding carboxylic acids is 2. The number of likely N-dealkylation sites (tertiary alicyclic amines) is 1. The molecule has 1 aliphatic heterocycles. The zero-order valence-electron chi connectivity index (χ0n) is 16.4. The molecule has 31 heavy (non-hydrogen) atoms. The van der Waals surface area contributed by atoms with Gasteiger partial charge in [0.1, 0.15) is 0 Å². The Morgan fingerprint density at radius 1 is 0.968 bits per heavy atom. The average molecular weight is 460 g/mol. The van der Waals surface area contributed by atoms with E-state index in [1.165, 1.54) is 0 Å². The monoisotopic (exact) mass is 459 g/mol. The summed E-state index contributed by atoms with van der Waals surface area (Å²) < 4.78 is 0. The largest absolute Gasteiger partial charge is 0.339 e. The molecular weight excluding hydrogens is 441 g/mol. The van der Waals surface area contributed by atoms with Crippen LogP contribution in [0, 0.1) is 0 Å². The highest BCUT2D eigenvalue weighted by Crippen LogP contribution is 2.28. The zero-order chi connectivity index (χ0) is 21.8. The molecule has 3 aromatic rings. The Balaban J connectivity index is 1.58. The van der Waals surface area contributed by atoms with Gasteiger partial charge in [-0.1, -0.05) is 23.2 Å². The molecule has 0 atom stereocenters. The number of tetrazole rings is 1. The second-order valence-corrected chi connectivity index (χ2v) is 7.96. The number of halogens is 2. The van der Waals surface area contributed by atoms with E-state index in [0.717, 1.165) is 32.4 Å². The molecule has 1 fully saturated rings. The van der Waals surface area contributed by atoms with Crippen molar-refractivity contribution in [3.05, 3.63) is 52.0 Å². The van der Waals surface area contributed by atoms with E-state index in [1.807, 2.05) is 4.90 Å². The number of rotatable bonds is 4. The quantitative estimate of drug-likeness (QED) is 0.532. The third-order valence-electron chi connectivity index (χ3n) is 4.86. The van der Waals surface area contributed by atoms with Gasteiger partial charge >= 0.3 is 6.03 Å². The second kappa shape index (κ2) is 9.32. The Hall–Kier alpha value is -3.17. The first-order valence-electron chi connectivity index (χ1n) is 9.71. The number of piperidine rings is 1. The predicted molar refractivity (Wildman–Crippen MR) is 118 cm³/mol. The number of aromatic amines is 1. The fraction of sp³-hybridized carbons (Fsp3) is 0.250. The Kier molecular flexibility index (Phi) is 6.34. The van der Waals surface area contributed by atoms with Gasteiger partial charge in [-0.05, 0) is 60.9 Å². The molecule has 3 amide bonds. The van der Waals surface area contributed by atoms with Gasteiger partial charge in [0.2, 0.25) is 5.82 Å². The van der Waals surface area contributed by atoms with E-state index in [0.29, 0.717) is 32.5 Å². The maximum Gasteiger partial charge on any atom is 0.323 e. The normalized spacial score (nSPS) is 13.7. The summed E-state index contributed by atoms with van der Waals surface area (Å²) in [5.74, 6) is 0.198. The smallest absolute Gasteiger partial charge is 0.323 e. The van der Waals surface area contributed by atoms with Gasteiger partial charge in [-0.2, -0.15) is 5.21 Å². The third-order valence-corrected chi connectivity index (χ3v) is 5.30. The number of aromatic nitrogens is 4. The number of carbonyl (C=O) groups is 2. The minimum Gasteiger partial charge on any atom is -0.339 e. The highest BCUT2D eigenvalue weighted by Gasteiger charge is 2.21. The molecule has 0 saturated carbocycles. The number of benzene rings is 2. The molecule has 0 aliphatic carbocycles. The highest BCUT2D eigenvalue weighted by atomic mass is 35.5. The molecule has 4 rings (SSSR count). The summed E-state index contributed by atoms with van der Waals surface area (Å²) in [7, 11) is 0. The molecule has 1 aromatic heterocycles. The lowest BCUT2D eigenvalue weighted by Crippen LogP contribution is -2.35. The fourth-order valence-electron chi connectivity index (χ4n) is 3.44. The van der Waals surface area contributed by atoms with Crippen molar-refractivity contribution in [1.82, 2.24) is 25.5 Å². The molecule has 11 heteroatoms. The van der Waals surface area contributed by atoms with Crippen molar-refractivity contribution >= 4 is 46.5 Å². The first-order valence-corrected chi connectivity index (χ1v) is 10.5. The molecule has 1 aliphatic rings. The Morgan fingerprint density at radius 2 is 1.71 bits per heavy atom. The van der Waals surface area contributed by atoms with Gasteiger partial charge in [0.25, 0.3) is 5.91 Å². The Bertz CT molecular complexity index is 1080. The van der Waals surface area contributed by atoms with E-state index in [4.69, 9.17) is 23.2 Å². The topological polar surface area (TPSA) is 116 Å². The lowest BCUT2D eigenvalue weighted by Gasteiger charge is -2.27. The molecule has 1 saturated heterocycles. The van der Waals surface area contributed by atoms with Crippen LogP contribution in [0.1, 0.15) is 29.6 Å². The molecule has 2 aromatic carbocycles. The van der Waals surface area contributed by atoms with E-state index >= 15 is 0 Å².